The highest BCUT2D eigenvalue weighted by atomic mass is 19.2. The molecule has 4 heteroatoms. The fourth-order valence-corrected chi connectivity index (χ4v) is 5.72. The van der Waals surface area contributed by atoms with Crippen LogP contribution in [0.15, 0.2) is 35.9 Å². The quantitative estimate of drug-likeness (QED) is 0.294. The lowest BCUT2D eigenvalue weighted by molar-refractivity contribution is 0.303. The van der Waals surface area contributed by atoms with E-state index in [4.69, 9.17) is 0 Å². The van der Waals surface area contributed by atoms with Gasteiger partial charge in [-0.3, -0.25) is 0 Å². The highest BCUT2D eigenvalue weighted by Gasteiger charge is 2.26. The first-order valence-electron chi connectivity index (χ1n) is 13.1. The molecule has 0 nitrogen and oxygen atoms in total. The second-order valence-corrected chi connectivity index (χ2v) is 10.1. The van der Waals surface area contributed by atoms with Gasteiger partial charge in [0.2, 0.25) is 0 Å². The SMILES string of the molecule is CCCC1CCC(c2ccc(C#CC3=CCC(c4ccc(CC)c(F)c4F)CC3)c(F)c2F)CC1. The number of benzene rings is 2. The van der Waals surface area contributed by atoms with E-state index >= 15 is 0 Å². The standard InChI is InChI=1S/C31H34F4/c1-3-5-20-6-11-23(12-7-20)27-19-17-25(29(33)31(27)35)15-10-21-8-13-24(14-9-21)26-18-16-22(4-2)28(32)30(26)34/h8,16-20,23-24H,3-7,9,11-14H2,1-2H3. The van der Waals surface area contributed by atoms with E-state index in [2.05, 4.69) is 18.8 Å². The fourth-order valence-electron chi connectivity index (χ4n) is 5.72. The third kappa shape index (κ3) is 5.66. The first-order chi connectivity index (χ1) is 16.9. The number of allylic oxidation sites excluding steroid dienone is 2. The van der Waals surface area contributed by atoms with E-state index in [0.29, 0.717) is 48.3 Å². The molecule has 4 rings (SSSR count). The Labute approximate surface area is 206 Å². The van der Waals surface area contributed by atoms with Crippen LogP contribution in [-0.2, 0) is 6.42 Å². The van der Waals surface area contributed by atoms with Gasteiger partial charge < -0.3 is 0 Å². The highest BCUT2D eigenvalue weighted by molar-refractivity contribution is 5.44. The lowest BCUT2D eigenvalue weighted by Crippen LogP contribution is -2.15. The molecule has 1 fully saturated rings. The van der Waals surface area contributed by atoms with Crippen LogP contribution in [0, 0.1) is 41.0 Å². The molecule has 0 N–H and O–H groups in total. The van der Waals surface area contributed by atoms with Crippen molar-refractivity contribution in [2.45, 2.75) is 89.9 Å². The van der Waals surface area contributed by atoms with Crippen molar-refractivity contribution in [3.8, 4) is 11.8 Å². The summed E-state index contributed by atoms with van der Waals surface area (Å²) < 4.78 is 58.4. The van der Waals surface area contributed by atoms with Crippen LogP contribution >= 0.6 is 0 Å². The van der Waals surface area contributed by atoms with E-state index in [1.807, 2.05) is 6.08 Å². The maximum atomic E-state index is 14.9. The Morgan fingerprint density at radius 2 is 1.43 bits per heavy atom. The molecule has 0 bridgehead atoms. The second-order valence-electron chi connectivity index (χ2n) is 10.1. The van der Waals surface area contributed by atoms with Crippen molar-refractivity contribution in [3.63, 3.8) is 0 Å². The number of halogens is 4. The van der Waals surface area contributed by atoms with Gasteiger partial charge in [0.1, 0.15) is 0 Å². The van der Waals surface area contributed by atoms with Gasteiger partial charge in [0.25, 0.3) is 0 Å². The molecule has 0 aromatic heterocycles. The van der Waals surface area contributed by atoms with Crippen LogP contribution in [0.3, 0.4) is 0 Å². The molecule has 35 heavy (non-hydrogen) atoms. The molecule has 0 heterocycles. The predicted molar refractivity (Wildman–Crippen MR) is 133 cm³/mol. The molecule has 186 valence electrons. The van der Waals surface area contributed by atoms with Crippen LogP contribution in [-0.4, -0.2) is 0 Å². The molecule has 0 aliphatic heterocycles. The summed E-state index contributed by atoms with van der Waals surface area (Å²) in [5.74, 6) is 3.32. The normalized spacial score (nSPS) is 22.3. The molecule has 1 atom stereocenters. The summed E-state index contributed by atoms with van der Waals surface area (Å²) in [5.41, 5.74) is 2.15. The Kier molecular flexibility index (Phi) is 8.37. The summed E-state index contributed by atoms with van der Waals surface area (Å²) in [7, 11) is 0. The van der Waals surface area contributed by atoms with E-state index in [0.717, 1.165) is 31.3 Å². The number of hydrogen-bond acceptors (Lipinski definition) is 0. The van der Waals surface area contributed by atoms with Crippen molar-refractivity contribution in [2.24, 2.45) is 5.92 Å². The van der Waals surface area contributed by atoms with Gasteiger partial charge >= 0.3 is 0 Å². The van der Waals surface area contributed by atoms with Crippen molar-refractivity contribution in [3.05, 3.63) is 81.4 Å². The number of aryl methyl sites for hydroxylation is 1. The van der Waals surface area contributed by atoms with Crippen molar-refractivity contribution in [1.82, 2.24) is 0 Å². The summed E-state index contributed by atoms with van der Waals surface area (Å²) in [6.07, 6.45) is 10.5. The van der Waals surface area contributed by atoms with Crippen LogP contribution in [0.1, 0.15) is 106 Å². The van der Waals surface area contributed by atoms with E-state index in [-0.39, 0.29) is 17.4 Å². The van der Waals surface area contributed by atoms with Gasteiger partial charge in [0.15, 0.2) is 23.3 Å². The van der Waals surface area contributed by atoms with Crippen LogP contribution < -0.4 is 0 Å². The van der Waals surface area contributed by atoms with Gasteiger partial charge in [-0.25, -0.2) is 17.6 Å². The van der Waals surface area contributed by atoms with Crippen molar-refractivity contribution >= 4 is 0 Å². The zero-order valence-corrected chi connectivity index (χ0v) is 20.7. The minimum absolute atomic E-state index is 0.0669. The van der Waals surface area contributed by atoms with E-state index in [1.165, 1.54) is 12.8 Å². The van der Waals surface area contributed by atoms with Crippen molar-refractivity contribution in [1.29, 1.82) is 0 Å². The zero-order chi connectivity index (χ0) is 24.9. The van der Waals surface area contributed by atoms with Gasteiger partial charge in [0, 0.05) is 0 Å². The van der Waals surface area contributed by atoms with E-state index in [1.54, 1.807) is 31.2 Å². The fraction of sp³-hybridized carbons (Fsp3) is 0.484. The van der Waals surface area contributed by atoms with Crippen LogP contribution in [0.2, 0.25) is 0 Å². The van der Waals surface area contributed by atoms with Gasteiger partial charge in [0.05, 0.1) is 5.56 Å². The summed E-state index contributed by atoms with van der Waals surface area (Å²) in [6, 6.07) is 6.64. The molecule has 0 saturated heterocycles. The van der Waals surface area contributed by atoms with Gasteiger partial charge in [-0.05, 0) is 97.5 Å². The Balaban J connectivity index is 1.43. The van der Waals surface area contributed by atoms with Gasteiger partial charge in [-0.15, -0.1) is 0 Å². The molecular weight excluding hydrogens is 448 g/mol. The molecule has 0 radical (unpaired) electrons. The van der Waals surface area contributed by atoms with Crippen molar-refractivity contribution < 1.29 is 17.6 Å². The second kappa shape index (κ2) is 11.5. The molecule has 1 saturated carbocycles. The third-order valence-corrected chi connectivity index (χ3v) is 7.88. The lowest BCUT2D eigenvalue weighted by Gasteiger charge is -2.29. The van der Waals surface area contributed by atoms with Crippen LogP contribution in [0.25, 0.3) is 0 Å². The molecular formula is C31H34F4. The molecule has 0 spiro atoms. The monoisotopic (exact) mass is 482 g/mol. The molecule has 2 aromatic rings. The summed E-state index contributed by atoms with van der Waals surface area (Å²) in [6.45, 7) is 3.99. The zero-order valence-electron chi connectivity index (χ0n) is 20.7. The summed E-state index contributed by atoms with van der Waals surface area (Å²) in [4.78, 5) is 0. The molecule has 2 aliphatic carbocycles. The number of hydrogen-bond donors (Lipinski definition) is 0. The molecule has 1 unspecified atom stereocenters. The summed E-state index contributed by atoms with van der Waals surface area (Å²) >= 11 is 0. The largest absolute Gasteiger partial charge is 0.203 e. The molecule has 2 aromatic carbocycles. The minimum atomic E-state index is -0.867. The highest BCUT2D eigenvalue weighted by Crippen LogP contribution is 2.39. The van der Waals surface area contributed by atoms with Crippen molar-refractivity contribution in [2.75, 3.05) is 0 Å². The minimum Gasteiger partial charge on any atom is -0.203 e. The topological polar surface area (TPSA) is 0 Å². The van der Waals surface area contributed by atoms with E-state index < -0.39 is 23.3 Å². The first kappa shape index (κ1) is 25.5. The van der Waals surface area contributed by atoms with Gasteiger partial charge in [-0.1, -0.05) is 62.8 Å². The Bertz CT molecular complexity index is 1140. The maximum Gasteiger partial charge on any atom is 0.174 e. The smallest absolute Gasteiger partial charge is 0.174 e. The molecule has 2 aliphatic rings. The average Bonchev–Trinajstić information content (AvgIpc) is 2.88. The molecule has 0 amide bonds. The van der Waals surface area contributed by atoms with Gasteiger partial charge in [-0.2, -0.15) is 0 Å². The van der Waals surface area contributed by atoms with Crippen LogP contribution in [0.5, 0.6) is 0 Å². The Morgan fingerprint density at radius 1 is 0.743 bits per heavy atom. The van der Waals surface area contributed by atoms with E-state index in [9.17, 15) is 17.6 Å². The maximum absolute atomic E-state index is 14.9. The lowest BCUT2D eigenvalue weighted by atomic mass is 9.77. The Hall–Kier alpha value is -2.54. The predicted octanol–water partition coefficient (Wildman–Crippen LogP) is 9.12. The average molecular weight is 483 g/mol. The number of rotatable bonds is 5. The first-order valence-corrected chi connectivity index (χ1v) is 13.1. The summed E-state index contributed by atoms with van der Waals surface area (Å²) in [5, 5.41) is 0. The Morgan fingerprint density at radius 3 is 2.09 bits per heavy atom. The van der Waals surface area contributed by atoms with Crippen LogP contribution in [0.4, 0.5) is 17.6 Å². The third-order valence-electron chi connectivity index (χ3n) is 7.88.